The molecule has 1 aliphatic heterocycles. The number of carbonyl (C=O) groups is 2. The van der Waals surface area contributed by atoms with Gasteiger partial charge >= 0.3 is 7.75 Å². The number of hydrogen-bond acceptors (Lipinski definition) is 5. The number of nitrogens with zero attached hydrogens (tertiary/aromatic N) is 2. The van der Waals surface area contributed by atoms with Crippen LogP contribution in [0.25, 0.3) is 0 Å². The molecule has 2 aliphatic rings. The molecule has 1 saturated carbocycles. The van der Waals surface area contributed by atoms with Gasteiger partial charge < -0.3 is 0 Å². The lowest BCUT2D eigenvalue weighted by Crippen LogP contribution is -2.49. The van der Waals surface area contributed by atoms with Crippen LogP contribution in [0.1, 0.15) is 81.5 Å². The van der Waals surface area contributed by atoms with Crippen molar-refractivity contribution in [2.24, 2.45) is 17.8 Å². The first-order valence-electron chi connectivity index (χ1n) is 11.5. The third kappa shape index (κ3) is 4.86. The molecule has 1 fully saturated rings. The Bertz CT molecular complexity index is 875. The molecular weight excluding hydrogens is 427 g/mol. The molecule has 3 rings (SSSR count). The number of rotatable bonds is 7. The van der Waals surface area contributed by atoms with Crippen LogP contribution in [0, 0.1) is 17.8 Å². The number of imide groups is 1. The Morgan fingerprint density at radius 3 is 2.16 bits per heavy atom. The van der Waals surface area contributed by atoms with E-state index in [1.807, 2.05) is 20.8 Å². The topological polar surface area (TPSA) is 76.2 Å². The summed E-state index contributed by atoms with van der Waals surface area (Å²) < 4.78 is 27.6. The highest BCUT2D eigenvalue weighted by atomic mass is 31.2. The van der Waals surface area contributed by atoms with E-state index in [2.05, 4.69) is 20.8 Å². The van der Waals surface area contributed by atoms with Crippen LogP contribution in [0.15, 0.2) is 24.3 Å². The first-order chi connectivity index (χ1) is 14.9. The van der Waals surface area contributed by atoms with Crippen molar-refractivity contribution in [3.05, 3.63) is 35.4 Å². The standard InChI is InChI=1S/C24H37N2O5P/c1-16(2)18-13-12-17(3)14-21(18)31-32(29,30-7)26(24(4,5)6)15-25-22(27)19-10-8-9-11-20(19)23(25)28/h8-11,16-18,21H,12-15H2,1-7H3/t17-,18+,21-,32?/m1/s1. The van der Waals surface area contributed by atoms with Crippen LogP contribution >= 0.6 is 7.75 Å². The molecule has 8 heteroatoms. The zero-order valence-corrected chi connectivity index (χ0v) is 21.2. The summed E-state index contributed by atoms with van der Waals surface area (Å²) in [6.45, 7) is 12.0. The van der Waals surface area contributed by atoms with E-state index in [1.165, 1.54) is 7.11 Å². The van der Waals surface area contributed by atoms with Crippen molar-refractivity contribution in [2.75, 3.05) is 13.8 Å². The fourth-order valence-electron chi connectivity index (χ4n) is 4.76. The van der Waals surface area contributed by atoms with Crippen molar-refractivity contribution in [2.45, 2.75) is 72.4 Å². The van der Waals surface area contributed by atoms with E-state index in [0.29, 0.717) is 23.0 Å². The van der Waals surface area contributed by atoms with Crippen LogP contribution in [-0.2, 0) is 13.6 Å². The first kappa shape index (κ1) is 25.1. The number of hydrogen-bond donors (Lipinski definition) is 0. The van der Waals surface area contributed by atoms with Gasteiger partial charge in [0.2, 0.25) is 0 Å². The third-order valence-electron chi connectivity index (χ3n) is 6.68. The van der Waals surface area contributed by atoms with Gasteiger partial charge in [0.15, 0.2) is 0 Å². The van der Waals surface area contributed by atoms with Crippen molar-refractivity contribution in [3.8, 4) is 0 Å². The summed E-state index contributed by atoms with van der Waals surface area (Å²) in [7, 11) is -2.44. The van der Waals surface area contributed by atoms with E-state index in [9.17, 15) is 14.2 Å². The van der Waals surface area contributed by atoms with Crippen LogP contribution in [0.5, 0.6) is 0 Å². The number of fused-ring (bicyclic) bond motifs is 1. The molecule has 1 aromatic carbocycles. The van der Waals surface area contributed by atoms with Crippen LogP contribution < -0.4 is 0 Å². The van der Waals surface area contributed by atoms with Crippen LogP contribution in [-0.4, -0.2) is 46.8 Å². The Kier molecular flexibility index (Phi) is 7.36. The minimum atomic E-state index is -3.82. The van der Waals surface area contributed by atoms with Crippen molar-refractivity contribution in [1.82, 2.24) is 9.57 Å². The molecule has 0 saturated heterocycles. The predicted molar refractivity (Wildman–Crippen MR) is 124 cm³/mol. The molecule has 0 spiro atoms. The predicted octanol–water partition coefficient (Wildman–Crippen LogP) is 5.57. The largest absolute Gasteiger partial charge is 0.410 e. The van der Waals surface area contributed by atoms with E-state index in [1.54, 1.807) is 28.9 Å². The summed E-state index contributed by atoms with van der Waals surface area (Å²) >= 11 is 0. The number of benzene rings is 1. The summed E-state index contributed by atoms with van der Waals surface area (Å²) in [6.07, 6.45) is 2.73. The smallest absolute Gasteiger partial charge is 0.300 e. The Morgan fingerprint density at radius 1 is 1.12 bits per heavy atom. The zero-order chi connectivity index (χ0) is 23.8. The van der Waals surface area contributed by atoms with E-state index in [0.717, 1.165) is 24.2 Å². The fourth-order valence-corrected chi connectivity index (χ4v) is 6.76. The van der Waals surface area contributed by atoms with Gasteiger partial charge in [0.1, 0.15) is 0 Å². The summed E-state index contributed by atoms with van der Waals surface area (Å²) in [6, 6.07) is 6.74. The molecule has 0 aromatic heterocycles. The van der Waals surface area contributed by atoms with Crippen molar-refractivity contribution in [1.29, 1.82) is 0 Å². The molecule has 1 unspecified atom stereocenters. The monoisotopic (exact) mass is 464 g/mol. The minimum Gasteiger partial charge on any atom is -0.300 e. The molecule has 0 radical (unpaired) electrons. The average molecular weight is 465 g/mol. The summed E-state index contributed by atoms with van der Waals surface area (Å²) in [5, 5.41) is 0. The molecule has 0 N–H and O–H groups in total. The molecule has 1 heterocycles. The van der Waals surface area contributed by atoms with Gasteiger partial charge in [-0.2, -0.15) is 4.67 Å². The van der Waals surface area contributed by atoms with Gasteiger partial charge in [-0.15, -0.1) is 0 Å². The second-order valence-corrected chi connectivity index (χ2v) is 12.4. The number of carbonyl (C=O) groups excluding carboxylic acids is 2. The lowest BCUT2D eigenvalue weighted by atomic mass is 9.75. The normalized spacial score (nSPS) is 26.0. The van der Waals surface area contributed by atoms with Gasteiger partial charge in [-0.25, -0.2) is 4.57 Å². The highest BCUT2D eigenvalue weighted by Gasteiger charge is 2.48. The van der Waals surface area contributed by atoms with Crippen LogP contribution in [0.4, 0.5) is 0 Å². The van der Waals surface area contributed by atoms with Crippen LogP contribution in [0.3, 0.4) is 0 Å². The average Bonchev–Trinajstić information content (AvgIpc) is 2.95. The first-order valence-corrected chi connectivity index (χ1v) is 13.0. The number of amides is 2. The third-order valence-corrected chi connectivity index (χ3v) is 9.00. The SMILES string of the molecule is COP(=O)(O[C@@H]1C[C@H](C)CC[C@H]1C(C)C)N(CN1C(=O)c2ccccc2C1=O)C(C)(C)C. The molecule has 2 amide bonds. The van der Waals surface area contributed by atoms with Gasteiger partial charge in [0, 0.05) is 12.6 Å². The maximum absolute atomic E-state index is 14.2. The van der Waals surface area contributed by atoms with E-state index >= 15 is 0 Å². The molecule has 4 atom stereocenters. The van der Waals surface area contributed by atoms with Crippen molar-refractivity contribution < 1.29 is 23.2 Å². The highest BCUT2D eigenvalue weighted by molar-refractivity contribution is 7.51. The van der Waals surface area contributed by atoms with Gasteiger partial charge in [-0.1, -0.05) is 39.3 Å². The lowest BCUT2D eigenvalue weighted by Gasteiger charge is -2.44. The van der Waals surface area contributed by atoms with E-state index in [4.69, 9.17) is 9.05 Å². The van der Waals surface area contributed by atoms with Gasteiger partial charge in [-0.3, -0.25) is 23.5 Å². The summed E-state index contributed by atoms with van der Waals surface area (Å²) in [4.78, 5) is 27.1. The minimum absolute atomic E-state index is 0.171. The van der Waals surface area contributed by atoms with Gasteiger partial charge in [0.05, 0.1) is 23.9 Å². The fraction of sp³-hybridized carbons (Fsp3) is 0.667. The molecule has 178 valence electrons. The maximum Gasteiger partial charge on any atom is 0.410 e. The molecule has 7 nitrogen and oxygen atoms in total. The Hall–Kier alpha value is -1.53. The Labute approximate surface area is 192 Å². The molecule has 32 heavy (non-hydrogen) atoms. The molecule has 0 bridgehead atoms. The second kappa shape index (κ2) is 9.38. The zero-order valence-electron chi connectivity index (χ0n) is 20.3. The van der Waals surface area contributed by atoms with Gasteiger partial charge in [0.25, 0.3) is 11.8 Å². The van der Waals surface area contributed by atoms with Crippen molar-refractivity contribution >= 4 is 19.6 Å². The summed E-state index contributed by atoms with van der Waals surface area (Å²) in [5.74, 6) is 0.343. The lowest BCUT2D eigenvalue weighted by molar-refractivity contribution is 0.00791. The maximum atomic E-state index is 14.2. The highest BCUT2D eigenvalue weighted by Crippen LogP contribution is 2.58. The second-order valence-electron chi connectivity index (χ2n) is 10.4. The van der Waals surface area contributed by atoms with E-state index in [-0.39, 0.29) is 18.7 Å². The Morgan fingerprint density at radius 2 is 1.69 bits per heavy atom. The molecular formula is C24H37N2O5P. The summed E-state index contributed by atoms with van der Waals surface area (Å²) in [5.41, 5.74) is 0.0371. The Balaban J connectivity index is 1.91. The molecule has 1 aliphatic carbocycles. The molecule has 1 aromatic rings. The van der Waals surface area contributed by atoms with E-state index < -0.39 is 25.1 Å². The van der Waals surface area contributed by atoms with Gasteiger partial charge in [-0.05, 0) is 63.5 Å². The van der Waals surface area contributed by atoms with Crippen molar-refractivity contribution in [3.63, 3.8) is 0 Å². The quantitative estimate of drug-likeness (QED) is 0.388. The van der Waals surface area contributed by atoms with Crippen LogP contribution in [0.2, 0.25) is 0 Å².